The highest BCUT2D eigenvalue weighted by Gasteiger charge is 2.41. The molecule has 270 valence electrons. The topological polar surface area (TPSA) is 116 Å². The van der Waals surface area contributed by atoms with E-state index in [9.17, 15) is 15.3 Å². The van der Waals surface area contributed by atoms with Gasteiger partial charge in [-0.2, -0.15) is 10.5 Å². The largest absolute Gasteiger partial charge is 0.308 e. The van der Waals surface area contributed by atoms with Crippen LogP contribution in [-0.4, -0.2) is 26.3 Å². The van der Waals surface area contributed by atoms with Crippen molar-refractivity contribution in [2.24, 2.45) is 0 Å². The molecule has 1 aliphatic rings. The number of amides is 2. The van der Waals surface area contributed by atoms with Gasteiger partial charge in [-0.3, -0.25) is 9.59 Å². The maximum absolute atomic E-state index is 15.2. The van der Waals surface area contributed by atoms with Gasteiger partial charge in [-0.1, -0.05) is 109 Å². The second-order valence-electron chi connectivity index (χ2n) is 13.9. The van der Waals surface area contributed by atoms with Crippen molar-refractivity contribution in [2.45, 2.75) is 0 Å². The molecule has 9 aromatic rings. The molecule has 0 aliphatic carbocycles. The second kappa shape index (κ2) is 13.7. The Morgan fingerprint density at radius 2 is 0.931 bits per heavy atom. The number of anilines is 1. The summed E-state index contributed by atoms with van der Waals surface area (Å²) in [5.74, 6) is -0.825. The van der Waals surface area contributed by atoms with Gasteiger partial charge in [-0.15, -0.1) is 0 Å². The number of carbonyl (C=O) groups is 2. The number of pyridine rings is 2. The maximum atomic E-state index is 15.2. The van der Waals surface area contributed by atoms with E-state index in [0.717, 1.165) is 55.2 Å². The third-order valence-corrected chi connectivity index (χ3v) is 10.6. The molecule has 2 amide bonds. The predicted octanol–water partition coefficient (Wildman–Crippen LogP) is 10.8. The van der Waals surface area contributed by atoms with E-state index in [2.05, 4.69) is 22.1 Å². The summed E-state index contributed by atoms with van der Waals surface area (Å²) in [7, 11) is 0. The van der Waals surface area contributed by atoms with Crippen LogP contribution < -0.4 is 4.90 Å². The minimum atomic E-state index is -0.422. The number of nitriles is 2. The molecule has 0 saturated carbocycles. The van der Waals surface area contributed by atoms with Crippen LogP contribution in [0.2, 0.25) is 0 Å². The molecular formula is C50H28N6O2. The monoisotopic (exact) mass is 744 g/mol. The Hall–Kier alpha value is -8.46. The normalized spacial score (nSPS) is 12.1. The number of fused-ring (bicyclic) bond motifs is 4. The van der Waals surface area contributed by atoms with E-state index in [4.69, 9.17) is 0 Å². The lowest BCUT2D eigenvalue weighted by Gasteiger charge is -2.23. The number of hydrogen-bond donors (Lipinski definition) is 0. The Bertz CT molecular complexity index is 3080. The summed E-state index contributed by atoms with van der Waals surface area (Å²) in [4.78, 5) is 40.4. The van der Waals surface area contributed by atoms with Crippen LogP contribution in [0.3, 0.4) is 0 Å². The Morgan fingerprint density at radius 3 is 1.45 bits per heavy atom. The molecule has 0 radical (unpaired) electrons. The third-order valence-electron chi connectivity index (χ3n) is 10.6. The molecule has 0 unspecified atom stereocenters. The second-order valence-corrected chi connectivity index (χ2v) is 13.9. The molecule has 6 aromatic carbocycles. The molecule has 0 N–H and O–H groups in total. The van der Waals surface area contributed by atoms with E-state index in [0.29, 0.717) is 45.3 Å². The van der Waals surface area contributed by atoms with Crippen molar-refractivity contribution < 1.29 is 9.59 Å². The van der Waals surface area contributed by atoms with E-state index in [1.807, 2.05) is 144 Å². The number of para-hydroxylation sites is 1. The van der Waals surface area contributed by atoms with E-state index >= 15 is 4.79 Å². The quantitative estimate of drug-likeness (QED) is 0.157. The Balaban J connectivity index is 1.20. The first-order chi connectivity index (χ1) is 28.5. The standard InChI is InChI=1S/C50H28N6O2/c51-29-35-15-7-20-42(53-35)33-23-25-44-40(27-33)41-28-34(43-21-8-16-36(30-52)54-43)24-26-45(41)55(44)46-22-10-19-39-47(46)50(58)56(49(39)57)48-37(31-11-3-1-4-12-31)17-9-18-38(48)32-13-5-2-6-14-32/h1-28H. The number of benzene rings is 6. The molecule has 3 aromatic heterocycles. The van der Waals surface area contributed by atoms with Gasteiger partial charge < -0.3 is 4.57 Å². The average molecular weight is 745 g/mol. The van der Waals surface area contributed by atoms with Gasteiger partial charge in [-0.25, -0.2) is 14.9 Å². The predicted molar refractivity (Wildman–Crippen MR) is 225 cm³/mol. The van der Waals surface area contributed by atoms with Crippen LogP contribution in [0.1, 0.15) is 32.1 Å². The van der Waals surface area contributed by atoms with Gasteiger partial charge in [-0.05, 0) is 71.8 Å². The Morgan fingerprint density at radius 1 is 0.448 bits per heavy atom. The van der Waals surface area contributed by atoms with Crippen LogP contribution in [0.5, 0.6) is 0 Å². The number of aromatic nitrogens is 3. The van der Waals surface area contributed by atoms with Crippen molar-refractivity contribution in [1.29, 1.82) is 10.5 Å². The molecule has 0 atom stereocenters. The molecule has 0 saturated heterocycles. The number of imide groups is 1. The minimum Gasteiger partial charge on any atom is -0.308 e. The van der Waals surface area contributed by atoms with Gasteiger partial charge >= 0.3 is 0 Å². The lowest BCUT2D eigenvalue weighted by atomic mass is 9.95. The van der Waals surface area contributed by atoms with E-state index in [1.165, 1.54) is 4.90 Å². The molecule has 1 aliphatic heterocycles. The zero-order valence-corrected chi connectivity index (χ0v) is 30.7. The SMILES string of the molecule is N#Cc1cccc(-c2ccc3c(c2)c2cc(-c4cccc(C#N)n4)ccc2n3-c2cccc3c2C(=O)N(c2c(-c4ccccc4)cccc2-c2ccccc2)C3=O)n1. The molecule has 58 heavy (non-hydrogen) atoms. The van der Waals surface area contributed by atoms with Crippen molar-refractivity contribution in [2.75, 3.05) is 4.90 Å². The van der Waals surface area contributed by atoms with Gasteiger partial charge in [0.15, 0.2) is 0 Å². The maximum Gasteiger partial charge on any atom is 0.268 e. The smallest absolute Gasteiger partial charge is 0.268 e. The van der Waals surface area contributed by atoms with Gasteiger partial charge in [0.05, 0.1) is 44.9 Å². The minimum absolute atomic E-state index is 0.299. The first-order valence-electron chi connectivity index (χ1n) is 18.6. The van der Waals surface area contributed by atoms with Crippen LogP contribution in [0.4, 0.5) is 5.69 Å². The van der Waals surface area contributed by atoms with Crippen LogP contribution in [-0.2, 0) is 0 Å². The Kier molecular flexibility index (Phi) is 8.04. The van der Waals surface area contributed by atoms with Crippen LogP contribution in [0.15, 0.2) is 170 Å². The molecular weight excluding hydrogens is 717 g/mol. The lowest BCUT2D eigenvalue weighted by Crippen LogP contribution is -2.30. The lowest BCUT2D eigenvalue weighted by molar-refractivity contribution is 0.0926. The molecule has 0 fully saturated rings. The van der Waals surface area contributed by atoms with Crippen molar-refractivity contribution >= 4 is 39.3 Å². The zero-order chi connectivity index (χ0) is 39.3. The summed E-state index contributed by atoms with van der Waals surface area (Å²) < 4.78 is 2.03. The average Bonchev–Trinajstić information content (AvgIpc) is 3.75. The van der Waals surface area contributed by atoms with Crippen LogP contribution in [0, 0.1) is 22.7 Å². The highest BCUT2D eigenvalue weighted by atomic mass is 16.2. The molecule has 0 spiro atoms. The van der Waals surface area contributed by atoms with Gasteiger partial charge in [0, 0.05) is 33.0 Å². The van der Waals surface area contributed by atoms with Crippen molar-refractivity contribution in [1.82, 2.24) is 14.5 Å². The van der Waals surface area contributed by atoms with Crippen molar-refractivity contribution in [3.63, 3.8) is 0 Å². The number of carbonyl (C=O) groups excluding carboxylic acids is 2. The molecule has 8 heteroatoms. The van der Waals surface area contributed by atoms with Crippen LogP contribution >= 0.6 is 0 Å². The van der Waals surface area contributed by atoms with Gasteiger partial charge in [0.25, 0.3) is 11.8 Å². The summed E-state index contributed by atoms with van der Waals surface area (Å²) >= 11 is 0. The first kappa shape index (κ1) is 34.1. The fourth-order valence-electron chi connectivity index (χ4n) is 8.06. The number of hydrogen-bond acceptors (Lipinski definition) is 6. The molecule has 4 heterocycles. The zero-order valence-electron chi connectivity index (χ0n) is 30.7. The van der Waals surface area contributed by atoms with E-state index in [-0.39, 0.29) is 0 Å². The highest BCUT2D eigenvalue weighted by molar-refractivity contribution is 6.37. The third kappa shape index (κ3) is 5.44. The van der Waals surface area contributed by atoms with E-state index in [1.54, 1.807) is 30.3 Å². The van der Waals surface area contributed by atoms with Crippen molar-refractivity contribution in [3.05, 3.63) is 192 Å². The van der Waals surface area contributed by atoms with E-state index < -0.39 is 11.8 Å². The fourth-order valence-corrected chi connectivity index (χ4v) is 8.06. The highest BCUT2D eigenvalue weighted by Crippen LogP contribution is 2.45. The summed E-state index contributed by atoms with van der Waals surface area (Å²) in [5.41, 5.74) is 10.1. The van der Waals surface area contributed by atoms with Gasteiger partial charge in [0.2, 0.25) is 0 Å². The fraction of sp³-hybridized carbons (Fsp3) is 0. The first-order valence-corrected chi connectivity index (χ1v) is 18.6. The summed E-state index contributed by atoms with van der Waals surface area (Å²) in [6, 6.07) is 57.7. The summed E-state index contributed by atoms with van der Waals surface area (Å²) in [5, 5.41) is 20.9. The number of rotatable bonds is 6. The Labute approximate surface area is 332 Å². The summed E-state index contributed by atoms with van der Waals surface area (Å²) in [6.07, 6.45) is 0. The van der Waals surface area contributed by atoms with Crippen LogP contribution in [0.25, 0.3) is 72.3 Å². The molecule has 8 nitrogen and oxygen atoms in total. The molecule has 10 rings (SSSR count). The van der Waals surface area contributed by atoms with Crippen molar-refractivity contribution in [3.8, 4) is 62.6 Å². The van der Waals surface area contributed by atoms with Gasteiger partial charge in [0.1, 0.15) is 23.5 Å². The number of nitrogens with zero attached hydrogens (tertiary/aromatic N) is 6. The summed E-state index contributed by atoms with van der Waals surface area (Å²) in [6.45, 7) is 0. The molecule has 0 bridgehead atoms.